The summed E-state index contributed by atoms with van der Waals surface area (Å²) in [6, 6.07) is 5.82. The first kappa shape index (κ1) is 18.5. The zero-order valence-corrected chi connectivity index (χ0v) is 14.0. The summed E-state index contributed by atoms with van der Waals surface area (Å²) < 4.78 is 41.6. The minimum absolute atomic E-state index is 0.0685. The Balaban J connectivity index is 1.56. The van der Waals surface area contributed by atoms with Crippen LogP contribution in [0.3, 0.4) is 0 Å². The molecule has 2 aliphatic carbocycles. The molecule has 0 bridgehead atoms. The average Bonchev–Trinajstić information content (AvgIpc) is 3.35. The summed E-state index contributed by atoms with van der Waals surface area (Å²) in [6.07, 6.45) is -2.03. The van der Waals surface area contributed by atoms with Crippen molar-refractivity contribution in [1.29, 1.82) is 0 Å². The topological polar surface area (TPSA) is 75.6 Å². The van der Waals surface area contributed by atoms with Crippen LogP contribution in [0.2, 0.25) is 0 Å². The Kier molecular flexibility index (Phi) is 5.11. The molecule has 0 aromatic heterocycles. The molecular formula is C18H20F3NO4. The summed E-state index contributed by atoms with van der Waals surface area (Å²) >= 11 is 0. The van der Waals surface area contributed by atoms with Crippen LogP contribution in [0.15, 0.2) is 24.3 Å². The number of hydrogen-bond donors (Lipinski definition) is 2. The highest BCUT2D eigenvalue weighted by molar-refractivity contribution is 5.83. The second-order valence-electron chi connectivity index (χ2n) is 6.93. The van der Waals surface area contributed by atoms with Gasteiger partial charge in [0, 0.05) is 12.0 Å². The van der Waals surface area contributed by atoms with Crippen LogP contribution in [0, 0.1) is 11.8 Å². The van der Waals surface area contributed by atoms with Gasteiger partial charge >= 0.3 is 12.3 Å². The number of nitrogens with one attached hydrogen (secondary N) is 1. The molecule has 0 aliphatic heterocycles. The van der Waals surface area contributed by atoms with Gasteiger partial charge in [-0.2, -0.15) is 0 Å². The van der Waals surface area contributed by atoms with Gasteiger partial charge in [0.05, 0.1) is 5.92 Å². The Morgan fingerprint density at radius 3 is 2.38 bits per heavy atom. The zero-order valence-electron chi connectivity index (χ0n) is 14.0. The number of amides is 1. The number of para-hydroxylation sites is 1. The first-order valence-corrected chi connectivity index (χ1v) is 8.62. The minimum atomic E-state index is -4.77. The summed E-state index contributed by atoms with van der Waals surface area (Å²) in [5.41, 5.74) is 0.388. The van der Waals surface area contributed by atoms with Crippen molar-refractivity contribution < 1.29 is 32.6 Å². The van der Waals surface area contributed by atoms with E-state index in [-0.39, 0.29) is 35.5 Å². The highest BCUT2D eigenvalue weighted by Gasteiger charge is 2.46. The first-order valence-electron chi connectivity index (χ1n) is 8.62. The number of halogens is 3. The van der Waals surface area contributed by atoms with Gasteiger partial charge in [0.2, 0.25) is 5.91 Å². The molecule has 0 saturated heterocycles. The van der Waals surface area contributed by atoms with Crippen LogP contribution in [0.4, 0.5) is 13.2 Å². The molecule has 1 amide bonds. The van der Waals surface area contributed by atoms with Crippen molar-refractivity contribution in [3.63, 3.8) is 0 Å². The fourth-order valence-electron chi connectivity index (χ4n) is 3.63. The summed E-state index contributed by atoms with van der Waals surface area (Å²) in [5, 5.41) is 11.9. The number of rotatable bonds is 5. The third-order valence-corrected chi connectivity index (χ3v) is 5.09. The molecule has 26 heavy (non-hydrogen) atoms. The Morgan fingerprint density at radius 2 is 1.77 bits per heavy atom. The van der Waals surface area contributed by atoms with Crippen molar-refractivity contribution in [2.75, 3.05) is 0 Å². The van der Waals surface area contributed by atoms with E-state index in [2.05, 4.69) is 10.1 Å². The molecule has 5 nitrogen and oxygen atoms in total. The third-order valence-electron chi connectivity index (χ3n) is 5.09. The summed E-state index contributed by atoms with van der Waals surface area (Å²) in [6.45, 7) is 0. The normalized spacial score (nSPS) is 28.3. The molecule has 0 spiro atoms. The molecule has 2 atom stereocenters. The van der Waals surface area contributed by atoms with E-state index in [1.54, 1.807) is 12.1 Å². The summed E-state index contributed by atoms with van der Waals surface area (Å²) in [7, 11) is 0. The Hall–Kier alpha value is -2.25. The maximum Gasteiger partial charge on any atom is 0.573 e. The number of carboxylic acids is 1. The third kappa shape index (κ3) is 4.47. The number of ether oxygens (including phenoxy) is 1. The summed E-state index contributed by atoms with van der Waals surface area (Å²) in [5.74, 6) is -2.27. The molecule has 2 saturated carbocycles. The van der Waals surface area contributed by atoms with Crippen LogP contribution in [-0.4, -0.2) is 29.4 Å². The lowest BCUT2D eigenvalue weighted by Crippen LogP contribution is -2.39. The average molecular weight is 371 g/mol. The van der Waals surface area contributed by atoms with Crippen molar-refractivity contribution in [3.05, 3.63) is 29.8 Å². The maximum absolute atomic E-state index is 12.5. The number of benzene rings is 1. The van der Waals surface area contributed by atoms with Crippen molar-refractivity contribution >= 4 is 11.9 Å². The van der Waals surface area contributed by atoms with Gasteiger partial charge in [0.25, 0.3) is 0 Å². The van der Waals surface area contributed by atoms with Gasteiger partial charge in [-0.3, -0.25) is 9.59 Å². The molecule has 0 heterocycles. The zero-order chi connectivity index (χ0) is 18.9. The Bertz CT molecular complexity index is 683. The predicted octanol–water partition coefficient (Wildman–Crippen LogP) is 3.45. The second-order valence-corrected chi connectivity index (χ2v) is 6.93. The lowest BCUT2D eigenvalue weighted by Gasteiger charge is -2.26. The van der Waals surface area contributed by atoms with Crippen molar-refractivity contribution in [2.24, 2.45) is 11.8 Å². The monoisotopic (exact) mass is 371 g/mol. The fraction of sp³-hybridized carbons (Fsp3) is 0.556. The van der Waals surface area contributed by atoms with Crippen LogP contribution < -0.4 is 10.1 Å². The van der Waals surface area contributed by atoms with Gasteiger partial charge < -0.3 is 15.2 Å². The molecule has 8 heteroatoms. The molecule has 2 unspecified atom stereocenters. The number of carbonyl (C=O) groups is 2. The van der Waals surface area contributed by atoms with Gasteiger partial charge in [-0.05, 0) is 49.7 Å². The van der Waals surface area contributed by atoms with Gasteiger partial charge in [0.15, 0.2) is 0 Å². The van der Waals surface area contributed by atoms with E-state index in [0.29, 0.717) is 37.7 Å². The standard InChI is InChI=1S/C18H20F3NO4/c19-18(20,21)26-15-4-2-1-3-12(15)13-9-14(13)16(23)22-11-7-5-10(6-8-11)17(24)25/h1-4,10-11,13-14H,5-9H2,(H,22,23)(H,24,25). The smallest absolute Gasteiger partial charge is 0.481 e. The van der Waals surface area contributed by atoms with Gasteiger partial charge in [-0.25, -0.2) is 0 Å². The lowest BCUT2D eigenvalue weighted by molar-refractivity contribution is -0.274. The first-order chi connectivity index (χ1) is 12.2. The lowest BCUT2D eigenvalue weighted by atomic mass is 9.86. The van der Waals surface area contributed by atoms with E-state index < -0.39 is 12.3 Å². The van der Waals surface area contributed by atoms with E-state index in [4.69, 9.17) is 5.11 Å². The largest absolute Gasteiger partial charge is 0.573 e. The van der Waals surface area contributed by atoms with Crippen molar-refractivity contribution in [2.45, 2.75) is 50.4 Å². The fourth-order valence-corrected chi connectivity index (χ4v) is 3.63. The van der Waals surface area contributed by atoms with Crippen LogP contribution >= 0.6 is 0 Å². The number of hydrogen-bond acceptors (Lipinski definition) is 3. The van der Waals surface area contributed by atoms with Crippen molar-refractivity contribution in [3.8, 4) is 5.75 Å². The molecule has 1 aromatic carbocycles. The molecule has 142 valence electrons. The highest BCUT2D eigenvalue weighted by Crippen LogP contribution is 2.51. The van der Waals surface area contributed by atoms with E-state index >= 15 is 0 Å². The number of aliphatic carboxylic acids is 1. The maximum atomic E-state index is 12.5. The van der Waals surface area contributed by atoms with Crippen molar-refractivity contribution in [1.82, 2.24) is 5.32 Å². The number of carboxylic acid groups (broad SMARTS) is 1. The van der Waals surface area contributed by atoms with E-state index in [9.17, 15) is 22.8 Å². The molecule has 1 aromatic rings. The SMILES string of the molecule is O=C(O)C1CCC(NC(=O)C2CC2c2ccccc2OC(F)(F)F)CC1. The van der Waals surface area contributed by atoms with E-state index in [0.717, 1.165) is 0 Å². The number of carbonyl (C=O) groups excluding carboxylic acids is 1. The quantitative estimate of drug-likeness (QED) is 0.831. The van der Waals surface area contributed by atoms with Crippen LogP contribution in [-0.2, 0) is 9.59 Å². The highest BCUT2D eigenvalue weighted by atomic mass is 19.4. The Morgan fingerprint density at radius 1 is 1.12 bits per heavy atom. The molecule has 0 radical (unpaired) electrons. The minimum Gasteiger partial charge on any atom is -0.481 e. The van der Waals surface area contributed by atoms with Gasteiger partial charge in [0.1, 0.15) is 5.75 Å². The second kappa shape index (κ2) is 7.17. The van der Waals surface area contributed by atoms with E-state index in [1.807, 2.05) is 0 Å². The molecule has 2 fully saturated rings. The van der Waals surface area contributed by atoms with Crippen LogP contribution in [0.5, 0.6) is 5.75 Å². The Labute approximate surface area is 148 Å². The predicted molar refractivity (Wildman–Crippen MR) is 85.5 cm³/mol. The molecule has 2 aliphatic rings. The molecule has 3 rings (SSSR count). The summed E-state index contributed by atoms with van der Waals surface area (Å²) in [4.78, 5) is 23.3. The van der Waals surface area contributed by atoms with Crippen LogP contribution in [0.1, 0.15) is 43.6 Å². The van der Waals surface area contributed by atoms with Crippen LogP contribution in [0.25, 0.3) is 0 Å². The molecular weight excluding hydrogens is 351 g/mol. The number of alkyl halides is 3. The molecule has 2 N–H and O–H groups in total. The van der Waals surface area contributed by atoms with Gasteiger partial charge in [-0.1, -0.05) is 18.2 Å². The van der Waals surface area contributed by atoms with Gasteiger partial charge in [-0.15, -0.1) is 13.2 Å². The van der Waals surface area contributed by atoms with E-state index in [1.165, 1.54) is 12.1 Å².